The molecule has 0 saturated heterocycles. The summed E-state index contributed by atoms with van der Waals surface area (Å²) in [7, 11) is -4.61. The molecule has 1 unspecified atom stereocenters. The highest BCUT2D eigenvalue weighted by Gasteiger charge is 2.23. The molecule has 0 aliphatic heterocycles. The van der Waals surface area contributed by atoms with E-state index in [2.05, 4.69) is 16.7 Å². The average molecular weight is 198 g/mol. The monoisotopic (exact) mass is 198 g/mol. The number of hydrogen-bond acceptors (Lipinski definition) is 4. The number of thiocarbonyl (C=S) groups is 1. The van der Waals surface area contributed by atoms with E-state index in [1.165, 1.54) is 0 Å². The van der Waals surface area contributed by atoms with Crippen LogP contribution in [0.4, 0.5) is 0 Å². The topological polar surface area (TPSA) is 83.8 Å². The van der Waals surface area contributed by atoms with Crippen molar-refractivity contribution in [3.8, 4) is 0 Å². The molecule has 0 aromatic heterocycles. The maximum atomic E-state index is 10.5. The first kappa shape index (κ1) is 10.9. The van der Waals surface area contributed by atoms with Gasteiger partial charge in [-0.05, 0) is 6.92 Å². The van der Waals surface area contributed by atoms with E-state index in [1.54, 1.807) is 0 Å². The predicted molar refractivity (Wildman–Crippen MR) is 41.3 cm³/mol. The van der Waals surface area contributed by atoms with E-state index in [4.69, 9.17) is 9.79 Å². The lowest BCUT2D eigenvalue weighted by Gasteiger charge is -2.09. The Balaban J connectivity index is 4.21. The average Bonchev–Trinajstić information content (AvgIpc) is 1.80. The Hall–Kier alpha value is -0.130. The van der Waals surface area contributed by atoms with Crippen LogP contribution in [0.15, 0.2) is 0 Å². The molecule has 0 spiro atoms. The largest absolute Gasteiger partial charge is 0.470 e. The molecule has 0 bridgehead atoms. The van der Waals surface area contributed by atoms with Crippen molar-refractivity contribution in [3.63, 3.8) is 0 Å². The van der Waals surface area contributed by atoms with Crippen LogP contribution in [-0.2, 0) is 13.9 Å². The molecule has 0 amide bonds. The van der Waals surface area contributed by atoms with E-state index >= 15 is 0 Å². The van der Waals surface area contributed by atoms with E-state index in [9.17, 15) is 9.36 Å². The number of carbonyl (C=O) groups excluding carboxylic acids is 1. The van der Waals surface area contributed by atoms with Crippen molar-refractivity contribution < 1.29 is 23.7 Å². The summed E-state index contributed by atoms with van der Waals surface area (Å²) in [5, 5.41) is 0.863. The van der Waals surface area contributed by atoms with Gasteiger partial charge in [-0.3, -0.25) is 9.32 Å². The summed E-state index contributed by atoms with van der Waals surface area (Å²) in [5.74, 6) is -0.539. The lowest BCUT2D eigenvalue weighted by molar-refractivity contribution is -0.121. The van der Waals surface area contributed by atoms with Gasteiger partial charge in [-0.25, -0.2) is 4.57 Å². The van der Waals surface area contributed by atoms with Crippen LogP contribution >= 0.6 is 20.0 Å². The zero-order valence-electron chi connectivity index (χ0n) is 5.63. The summed E-state index contributed by atoms with van der Waals surface area (Å²) < 4.78 is 14.2. The van der Waals surface area contributed by atoms with Gasteiger partial charge in [0.2, 0.25) is 0 Å². The number of ketones is 1. The van der Waals surface area contributed by atoms with Crippen LogP contribution in [0.2, 0.25) is 0 Å². The first-order valence-electron chi connectivity index (χ1n) is 2.56. The number of carbonyl (C=O) groups is 1. The quantitative estimate of drug-likeness (QED) is 0.490. The molecule has 0 aromatic rings. The second kappa shape index (κ2) is 4.04. The highest BCUT2D eigenvalue weighted by atomic mass is 32.1. The predicted octanol–water partition coefficient (Wildman–Crippen LogP) is 0.0530. The van der Waals surface area contributed by atoms with Gasteiger partial charge in [0.1, 0.15) is 0 Å². The first-order chi connectivity index (χ1) is 4.87. The third kappa shape index (κ3) is 5.17. The van der Waals surface area contributed by atoms with Crippen LogP contribution in [0.25, 0.3) is 0 Å². The Morgan fingerprint density at radius 2 is 2.18 bits per heavy atom. The minimum atomic E-state index is -4.61. The molecular formula is C4H7O5PS. The number of rotatable bonds is 4. The Bertz CT molecular complexity index is 209. The Morgan fingerprint density at radius 3 is 2.27 bits per heavy atom. The van der Waals surface area contributed by atoms with Gasteiger partial charge in [-0.15, -0.1) is 0 Å². The number of phosphoric ester groups is 1. The molecule has 11 heavy (non-hydrogen) atoms. The Morgan fingerprint density at radius 1 is 1.73 bits per heavy atom. The maximum Gasteiger partial charge on any atom is 0.470 e. The number of phosphoric acid groups is 1. The van der Waals surface area contributed by atoms with Crippen molar-refractivity contribution in [2.45, 2.75) is 13.0 Å². The lowest BCUT2D eigenvalue weighted by atomic mass is 10.3. The molecule has 0 aromatic carbocycles. The molecule has 2 N–H and O–H groups in total. The fourth-order valence-corrected chi connectivity index (χ4v) is 1.18. The van der Waals surface area contributed by atoms with Gasteiger partial charge in [-0.1, -0.05) is 12.2 Å². The van der Waals surface area contributed by atoms with Gasteiger partial charge in [0.15, 0.2) is 11.9 Å². The highest BCUT2D eigenvalue weighted by Crippen LogP contribution is 2.37. The molecule has 0 radical (unpaired) electrons. The molecule has 0 heterocycles. The third-order valence-electron chi connectivity index (χ3n) is 0.775. The Kier molecular flexibility index (Phi) is 3.99. The van der Waals surface area contributed by atoms with Crippen LogP contribution in [-0.4, -0.2) is 27.0 Å². The van der Waals surface area contributed by atoms with Crippen LogP contribution in [0.5, 0.6) is 0 Å². The summed E-state index contributed by atoms with van der Waals surface area (Å²) in [4.78, 5) is 27.0. The summed E-state index contributed by atoms with van der Waals surface area (Å²) in [6, 6.07) is 0. The summed E-state index contributed by atoms with van der Waals surface area (Å²) in [6.07, 6.45) is -1.30. The van der Waals surface area contributed by atoms with Crippen molar-refractivity contribution in [3.05, 3.63) is 0 Å². The summed E-state index contributed by atoms with van der Waals surface area (Å²) in [5.41, 5.74) is 0. The van der Waals surface area contributed by atoms with Gasteiger partial charge in [-0.2, -0.15) is 0 Å². The number of Topliss-reactive ketones (excluding diaryl/α,β-unsaturated/α-hetero) is 1. The van der Waals surface area contributed by atoms with Gasteiger partial charge >= 0.3 is 7.82 Å². The molecule has 0 rings (SSSR count). The fraction of sp³-hybridized carbons (Fsp3) is 0.500. The number of hydrogen-bond donors (Lipinski definition) is 2. The van der Waals surface area contributed by atoms with Crippen molar-refractivity contribution in [2.75, 3.05) is 0 Å². The molecular weight excluding hydrogens is 191 g/mol. The maximum absolute atomic E-state index is 10.5. The van der Waals surface area contributed by atoms with Crippen LogP contribution in [0.1, 0.15) is 6.92 Å². The minimum Gasteiger partial charge on any atom is -0.303 e. The zero-order valence-corrected chi connectivity index (χ0v) is 7.34. The van der Waals surface area contributed by atoms with Crippen molar-refractivity contribution >= 4 is 31.2 Å². The molecule has 1 atom stereocenters. The molecule has 7 heteroatoms. The zero-order chi connectivity index (χ0) is 9.07. The summed E-state index contributed by atoms with van der Waals surface area (Å²) in [6.45, 7) is 1.13. The van der Waals surface area contributed by atoms with E-state index in [0.717, 1.165) is 12.3 Å². The standard InChI is InChI=1S/C4H7O5PS/c1-3(5)4(2-11)9-10(6,7)8/h2,4H,1H3,(H2,6,7,8). The minimum absolute atomic E-state index is 0.539. The third-order valence-corrected chi connectivity index (χ3v) is 1.52. The molecule has 0 aliphatic rings. The molecule has 5 nitrogen and oxygen atoms in total. The normalized spacial score (nSPS) is 14.1. The molecule has 64 valence electrons. The second-order valence-corrected chi connectivity index (χ2v) is 3.23. The van der Waals surface area contributed by atoms with E-state index in [0.29, 0.717) is 0 Å². The van der Waals surface area contributed by atoms with Crippen LogP contribution < -0.4 is 0 Å². The van der Waals surface area contributed by atoms with Crippen molar-refractivity contribution in [1.82, 2.24) is 0 Å². The van der Waals surface area contributed by atoms with E-state index in [1.807, 2.05) is 0 Å². The summed E-state index contributed by atoms with van der Waals surface area (Å²) >= 11 is 4.30. The fourth-order valence-electron chi connectivity index (χ4n) is 0.343. The van der Waals surface area contributed by atoms with Gasteiger partial charge in [0, 0.05) is 5.37 Å². The van der Waals surface area contributed by atoms with Gasteiger partial charge in [0.05, 0.1) is 0 Å². The van der Waals surface area contributed by atoms with Crippen molar-refractivity contribution in [1.29, 1.82) is 0 Å². The van der Waals surface area contributed by atoms with Gasteiger partial charge in [0.25, 0.3) is 0 Å². The SMILES string of the molecule is CC(=O)C(C=S)OP(=O)(O)O. The Labute approximate surface area is 68.6 Å². The smallest absolute Gasteiger partial charge is 0.303 e. The second-order valence-electron chi connectivity index (χ2n) is 1.76. The van der Waals surface area contributed by atoms with E-state index in [-0.39, 0.29) is 0 Å². The molecule has 0 aliphatic carbocycles. The highest BCUT2D eigenvalue weighted by molar-refractivity contribution is 7.79. The lowest BCUT2D eigenvalue weighted by Crippen LogP contribution is -2.20. The van der Waals surface area contributed by atoms with Crippen LogP contribution in [0.3, 0.4) is 0 Å². The van der Waals surface area contributed by atoms with Gasteiger partial charge < -0.3 is 9.79 Å². The van der Waals surface area contributed by atoms with Crippen LogP contribution in [0, 0.1) is 0 Å². The first-order valence-corrected chi connectivity index (χ1v) is 4.56. The molecule has 0 fully saturated rings. The van der Waals surface area contributed by atoms with E-state index < -0.39 is 19.7 Å². The van der Waals surface area contributed by atoms with Crippen molar-refractivity contribution in [2.24, 2.45) is 0 Å². The molecule has 0 saturated carbocycles.